The number of carbonyl (C=O) groups is 1. The Morgan fingerprint density at radius 3 is 2.54 bits per heavy atom. The van der Waals surface area contributed by atoms with Crippen molar-refractivity contribution in [3.8, 4) is 0 Å². The topological polar surface area (TPSA) is 78.4 Å². The Balaban J connectivity index is 0.00000392. The third-order valence-corrected chi connectivity index (χ3v) is 5.16. The molecule has 1 heterocycles. The summed E-state index contributed by atoms with van der Waals surface area (Å²) in [6.07, 6.45) is 3.70. The van der Waals surface area contributed by atoms with Gasteiger partial charge in [0.15, 0.2) is 5.96 Å². The average Bonchev–Trinajstić information content (AvgIpc) is 3.09. The molecule has 0 spiro atoms. The van der Waals surface area contributed by atoms with E-state index in [1.807, 2.05) is 37.4 Å². The summed E-state index contributed by atoms with van der Waals surface area (Å²) in [7, 11) is 1.76. The molecule has 0 bridgehead atoms. The molecule has 1 aromatic carbocycles. The SMILES string of the molecule is CCC(C)NC(=O)c1ccc(CNC(=NC)NCCc2ncc(C)s2)cc1.I. The number of amides is 1. The van der Waals surface area contributed by atoms with Gasteiger partial charge < -0.3 is 16.0 Å². The minimum Gasteiger partial charge on any atom is -0.356 e. The van der Waals surface area contributed by atoms with Crippen LogP contribution < -0.4 is 16.0 Å². The van der Waals surface area contributed by atoms with Crippen LogP contribution in [-0.4, -0.2) is 36.5 Å². The molecule has 2 aromatic rings. The molecule has 0 saturated heterocycles. The standard InChI is InChI=1S/C20H29N5OS.HI/c1-5-14(2)25-19(26)17-8-6-16(7-9-17)13-24-20(21-4)22-11-10-18-23-12-15(3)27-18;/h6-9,12,14H,5,10-11,13H2,1-4H3,(H,25,26)(H2,21,22,24);1H. The molecule has 8 heteroatoms. The van der Waals surface area contributed by atoms with Crippen LogP contribution in [0, 0.1) is 6.92 Å². The Kier molecular flexibility index (Phi) is 11.1. The first-order valence-corrected chi connectivity index (χ1v) is 10.1. The Hall–Kier alpha value is -1.68. The van der Waals surface area contributed by atoms with Crippen LogP contribution in [0.15, 0.2) is 35.5 Å². The van der Waals surface area contributed by atoms with Crippen LogP contribution in [0.25, 0.3) is 0 Å². The predicted molar refractivity (Wildman–Crippen MR) is 128 cm³/mol. The second kappa shape index (κ2) is 12.7. The number of halogens is 1. The second-order valence-electron chi connectivity index (χ2n) is 6.45. The maximum atomic E-state index is 12.1. The number of nitrogens with zero attached hydrogens (tertiary/aromatic N) is 2. The van der Waals surface area contributed by atoms with Crippen molar-refractivity contribution in [2.75, 3.05) is 13.6 Å². The average molecular weight is 515 g/mol. The summed E-state index contributed by atoms with van der Waals surface area (Å²) in [4.78, 5) is 21.9. The minimum absolute atomic E-state index is 0. The van der Waals surface area contributed by atoms with Gasteiger partial charge in [-0.05, 0) is 38.0 Å². The van der Waals surface area contributed by atoms with Gasteiger partial charge >= 0.3 is 0 Å². The maximum Gasteiger partial charge on any atom is 0.251 e. The molecule has 0 radical (unpaired) electrons. The van der Waals surface area contributed by atoms with E-state index in [1.54, 1.807) is 18.4 Å². The molecule has 1 aromatic heterocycles. The molecule has 1 unspecified atom stereocenters. The van der Waals surface area contributed by atoms with Crippen LogP contribution in [0.1, 0.15) is 46.1 Å². The predicted octanol–water partition coefficient (Wildman–Crippen LogP) is 3.51. The number of guanidine groups is 1. The lowest BCUT2D eigenvalue weighted by Crippen LogP contribution is -2.37. The van der Waals surface area contributed by atoms with E-state index in [1.165, 1.54) is 4.88 Å². The lowest BCUT2D eigenvalue weighted by molar-refractivity contribution is 0.0939. The molecular formula is C20H30IN5OS. The van der Waals surface area contributed by atoms with Gasteiger partial charge in [0.25, 0.3) is 5.91 Å². The molecule has 6 nitrogen and oxygen atoms in total. The summed E-state index contributed by atoms with van der Waals surface area (Å²) in [5.41, 5.74) is 1.77. The van der Waals surface area contributed by atoms with Crippen molar-refractivity contribution in [2.45, 2.75) is 46.2 Å². The van der Waals surface area contributed by atoms with Crippen LogP contribution in [0.5, 0.6) is 0 Å². The van der Waals surface area contributed by atoms with Crippen LogP contribution in [0.4, 0.5) is 0 Å². The first-order chi connectivity index (χ1) is 13.0. The number of aliphatic imine (C=N–C) groups is 1. The molecule has 0 fully saturated rings. The third kappa shape index (κ3) is 8.14. The number of rotatable bonds is 8. The Labute approximate surface area is 188 Å². The van der Waals surface area contributed by atoms with E-state index in [9.17, 15) is 4.79 Å². The summed E-state index contributed by atoms with van der Waals surface area (Å²) in [6.45, 7) is 7.54. The normalized spacial score (nSPS) is 12.1. The van der Waals surface area contributed by atoms with E-state index in [-0.39, 0.29) is 35.9 Å². The molecule has 0 aliphatic rings. The van der Waals surface area contributed by atoms with Crippen molar-refractivity contribution in [3.63, 3.8) is 0 Å². The quantitative estimate of drug-likeness (QED) is 0.286. The van der Waals surface area contributed by atoms with Crippen LogP contribution in [0.3, 0.4) is 0 Å². The van der Waals surface area contributed by atoms with Gasteiger partial charge in [-0.2, -0.15) is 0 Å². The van der Waals surface area contributed by atoms with Gasteiger partial charge in [-0.3, -0.25) is 9.79 Å². The summed E-state index contributed by atoms with van der Waals surface area (Å²) in [6, 6.07) is 7.82. The van der Waals surface area contributed by atoms with Gasteiger partial charge in [0.2, 0.25) is 0 Å². The zero-order chi connectivity index (χ0) is 19.6. The molecule has 154 valence electrons. The Morgan fingerprint density at radius 2 is 1.96 bits per heavy atom. The van der Waals surface area contributed by atoms with E-state index in [4.69, 9.17) is 0 Å². The van der Waals surface area contributed by atoms with E-state index in [0.29, 0.717) is 12.1 Å². The molecule has 1 amide bonds. The number of thiazole rings is 1. The molecule has 3 N–H and O–H groups in total. The van der Waals surface area contributed by atoms with Crippen molar-refractivity contribution in [1.29, 1.82) is 0 Å². The summed E-state index contributed by atoms with van der Waals surface area (Å²) in [5.74, 6) is 0.723. The van der Waals surface area contributed by atoms with Gasteiger partial charge in [-0.1, -0.05) is 19.1 Å². The van der Waals surface area contributed by atoms with E-state index < -0.39 is 0 Å². The smallest absolute Gasteiger partial charge is 0.251 e. The van der Waals surface area contributed by atoms with Crippen LogP contribution in [0.2, 0.25) is 0 Å². The summed E-state index contributed by atoms with van der Waals surface area (Å²) < 4.78 is 0. The summed E-state index contributed by atoms with van der Waals surface area (Å²) >= 11 is 1.72. The number of nitrogens with one attached hydrogen (secondary N) is 3. The number of carbonyl (C=O) groups excluding carboxylic acids is 1. The second-order valence-corrected chi connectivity index (χ2v) is 7.77. The monoisotopic (exact) mass is 515 g/mol. The van der Waals surface area contributed by atoms with Crippen molar-refractivity contribution in [2.24, 2.45) is 4.99 Å². The third-order valence-electron chi connectivity index (χ3n) is 4.19. The largest absolute Gasteiger partial charge is 0.356 e. The Morgan fingerprint density at radius 1 is 1.25 bits per heavy atom. The molecule has 0 saturated carbocycles. The zero-order valence-electron chi connectivity index (χ0n) is 16.9. The van der Waals surface area contributed by atoms with E-state index in [2.05, 4.69) is 39.8 Å². The number of aromatic nitrogens is 1. The molecule has 28 heavy (non-hydrogen) atoms. The van der Waals surface area contributed by atoms with Gasteiger partial charge in [0.05, 0.1) is 5.01 Å². The minimum atomic E-state index is -0.0289. The van der Waals surface area contributed by atoms with Gasteiger partial charge in [0.1, 0.15) is 0 Å². The number of hydrogen-bond donors (Lipinski definition) is 3. The highest BCUT2D eigenvalue weighted by Gasteiger charge is 2.08. The Bertz CT molecular complexity index is 760. The first-order valence-electron chi connectivity index (χ1n) is 9.27. The van der Waals surface area contributed by atoms with Crippen LogP contribution >= 0.6 is 35.3 Å². The van der Waals surface area contributed by atoms with Crippen molar-refractivity contribution in [3.05, 3.63) is 51.5 Å². The highest BCUT2D eigenvalue weighted by Crippen LogP contribution is 2.11. The highest BCUT2D eigenvalue weighted by atomic mass is 127. The molecular weight excluding hydrogens is 485 g/mol. The summed E-state index contributed by atoms with van der Waals surface area (Å²) in [5, 5.41) is 10.7. The molecule has 1 atom stereocenters. The number of benzene rings is 1. The highest BCUT2D eigenvalue weighted by molar-refractivity contribution is 14.0. The first kappa shape index (κ1) is 24.4. The van der Waals surface area contributed by atoms with E-state index >= 15 is 0 Å². The van der Waals surface area contributed by atoms with Crippen molar-refractivity contribution < 1.29 is 4.79 Å². The molecule has 0 aliphatic heterocycles. The van der Waals surface area contributed by atoms with Crippen LogP contribution in [-0.2, 0) is 13.0 Å². The van der Waals surface area contributed by atoms with Crippen molar-refractivity contribution >= 4 is 47.2 Å². The van der Waals surface area contributed by atoms with Gasteiger partial charge in [0, 0.05) is 49.2 Å². The zero-order valence-corrected chi connectivity index (χ0v) is 20.1. The fourth-order valence-corrected chi connectivity index (χ4v) is 3.18. The molecule has 0 aliphatic carbocycles. The number of hydrogen-bond acceptors (Lipinski definition) is 4. The lowest BCUT2D eigenvalue weighted by Gasteiger charge is -2.13. The number of aryl methyl sites for hydroxylation is 1. The van der Waals surface area contributed by atoms with E-state index in [0.717, 1.165) is 35.9 Å². The van der Waals surface area contributed by atoms with Gasteiger partial charge in [-0.15, -0.1) is 35.3 Å². The fraction of sp³-hybridized carbons (Fsp3) is 0.450. The van der Waals surface area contributed by atoms with Gasteiger partial charge in [-0.25, -0.2) is 4.98 Å². The van der Waals surface area contributed by atoms with Crippen molar-refractivity contribution in [1.82, 2.24) is 20.9 Å². The maximum absolute atomic E-state index is 12.1. The fourth-order valence-electron chi connectivity index (χ4n) is 2.39. The lowest BCUT2D eigenvalue weighted by atomic mass is 10.1. The molecule has 2 rings (SSSR count).